The smallest absolute Gasteiger partial charge is 0.261 e. The minimum absolute atomic E-state index is 0.315. The minimum Gasteiger partial charge on any atom is -0.481 e. The Bertz CT molecular complexity index is 1010. The van der Waals surface area contributed by atoms with Crippen molar-refractivity contribution in [1.82, 2.24) is 14.9 Å². The highest BCUT2D eigenvalue weighted by Gasteiger charge is 2.26. The lowest BCUT2D eigenvalue weighted by Gasteiger charge is -2.22. The van der Waals surface area contributed by atoms with Crippen LogP contribution in [0.25, 0.3) is 0 Å². The standard InChI is InChI=1S/C21H19FN4O2/c1-14(28-16-9-7-15(13-23)8-10-16)21(27)25-19(20-24-11-12-26(20)2)17-5-3-4-6-18(17)22/h3-12,14,19H,1-2H3,(H,25,27)/t14-,19-/m0/s1. The fourth-order valence-corrected chi connectivity index (χ4v) is 2.77. The molecule has 2 aromatic carbocycles. The van der Waals surface area contributed by atoms with Gasteiger partial charge in [0.25, 0.3) is 5.91 Å². The zero-order valence-electron chi connectivity index (χ0n) is 15.5. The number of carbonyl (C=O) groups excluding carboxylic acids is 1. The molecule has 1 amide bonds. The summed E-state index contributed by atoms with van der Waals surface area (Å²) < 4.78 is 21.8. The highest BCUT2D eigenvalue weighted by Crippen LogP contribution is 2.23. The summed E-state index contributed by atoms with van der Waals surface area (Å²) in [6.45, 7) is 1.60. The molecular weight excluding hydrogens is 359 g/mol. The van der Waals surface area contributed by atoms with E-state index in [-0.39, 0.29) is 0 Å². The monoisotopic (exact) mass is 378 g/mol. The third-order valence-corrected chi connectivity index (χ3v) is 4.28. The summed E-state index contributed by atoms with van der Waals surface area (Å²) in [6, 6.07) is 14.0. The number of hydrogen-bond donors (Lipinski definition) is 1. The number of halogens is 1. The van der Waals surface area contributed by atoms with Crippen LogP contribution < -0.4 is 10.1 Å². The highest BCUT2D eigenvalue weighted by atomic mass is 19.1. The summed E-state index contributed by atoms with van der Waals surface area (Å²) in [5, 5.41) is 11.7. The molecule has 0 radical (unpaired) electrons. The quantitative estimate of drug-likeness (QED) is 0.715. The van der Waals surface area contributed by atoms with Crippen molar-refractivity contribution in [2.75, 3.05) is 0 Å². The Hall–Kier alpha value is -3.66. The van der Waals surface area contributed by atoms with Gasteiger partial charge in [0, 0.05) is 25.0 Å². The van der Waals surface area contributed by atoms with Gasteiger partial charge in [0.15, 0.2) is 6.10 Å². The van der Waals surface area contributed by atoms with Crippen LogP contribution in [0, 0.1) is 17.1 Å². The number of carbonyl (C=O) groups is 1. The van der Waals surface area contributed by atoms with Gasteiger partial charge in [0.1, 0.15) is 23.4 Å². The SMILES string of the molecule is C[C@H](Oc1ccc(C#N)cc1)C(=O)N[C@@H](c1ccccc1F)c1nccn1C. The van der Waals surface area contributed by atoms with Crippen molar-refractivity contribution in [3.63, 3.8) is 0 Å². The molecule has 0 saturated carbocycles. The zero-order chi connectivity index (χ0) is 20.1. The molecule has 3 aromatic rings. The van der Waals surface area contributed by atoms with E-state index in [1.165, 1.54) is 6.07 Å². The Morgan fingerprint density at radius 2 is 1.96 bits per heavy atom. The zero-order valence-corrected chi connectivity index (χ0v) is 15.5. The second kappa shape index (κ2) is 8.35. The maximum atomic E-state index is 14.4. The van der Waals surface area contributed by atoms with E-state index in [2.05, 4.69) is 10.3 Å². The maximum Gasteiger partial charge on any atom is 0.261 e. The molecule has 6 nitrogen and oxygen atoms in total. The highest BCUT2D eigenvalue weighted by molar-refractivity contribution is 5.81. The lowest BCUT2D eigenvalue weighted by Crippen LogP contribution is -2.40. The number of aryl methyl sites for hydroxylation is 1. The number of imidazole rings is 1. The predicted octanol–water partition coefficient (Wildman–Crippen LogP) is 3.10. The van der Waals surface area contributed by atoms with Gasteiger partial charge >= 0.3 is 0 Å². The van der Waals surface area contributed by atoms with E-state index in [1.54, 1.807) is 73.4 Å². The molecule has 0 aliphatic carbocycles. The molecule has 0 bridgehead atoms. The minimum atomic E-state index is -0.831. The van der Waals surface area contributed by atoms with Crippen molar-refractivity contribution < 1.29 is 13.9 Å². The van der Waals surface area contributed by atoms with Gasteiger partial charge in [-0.05, 0) is 37.3 Å². The predicted molar refractivity (Wildman–Crippen MR) is 101 cm³/mol. The van der Waals surface area contributed by atoms with Crippen molar-refractivity contribution in [1.29, 1.82) is 5.26 Å². The Morgan fingerprint density at radius 1 is 1.25 bits per heavy atom. The Labute approximate surface area is 162 Å². The summed E-state index contributed by atoms with van der Waals surface area (Å²) >= 11 is 0. The van der Waals surface area contributed by atoms with Gasteiger partial charge in [-0.3, -0.25) is 4.79 Å². The molecule has 0 spiro atoms. The number of amides is 1. The number of nitriles is 1. The average Bonchev–Trinajstić information content (AvgIpc) is 3.13. The van der Waals surface area contributed by atoms with Crippen LogP contribution in [0.15, 0.2) is 60.9 Å². The van der Waals surface area contributed by atoms with Crippen LogP contribution >= 0.6 is 0 Å². The molecule has 28 heavy (non-hydrogen) atoms. The average molecular weight is 378 g/mol. The van der Waals surface area contributed by atoms with Crippen LogP contribution in [-0.4, -0.2) is 21.6 Å². The van der Waals surface area contributed by atoms with Gasteiger partial charge in [-0.2, -0.15) is 5.26 Å². The largest absolute Gasteiger partial charge is 0.481 e. The van der Waals surface area contributed by atoms with Gasteiger partial charge in [-0.1, -0.05) is 18.2 Å². The molecule has 1 aromatic heterocycles. The van der Waals surface area contributed by atoms with Crippen LogP contribution in [0.3, 0.4) is 0 Å². The summed E-state index contributed by atoms with van der Waals surface area (Å²) in [5.74, 6) is 0.113. The van der Waals surface area contributed by atoms with E-state index in [1.807, 2.05) is 6.07 Å². The molecule has 0 fully saturated rings. The molecule has 2 atom stereocenters. The molecule has 1 heterocycles. The summed E-state index contributed by atoms with van der Waals surface area (Å²) in [7, 11) is 1.78. The van der Waals surface area contributed by atoms with Crippen molar-refractivity contribution in [3.05, 3.63) is 83.7 Å². The van der Waals surface area contributed by atoms with Gasteiger partial charge in [-0.25, -0.2) is 9.37 Å². The molecule has 3 rings (SSSR count). The molecule has 0 aliphatic rings. The van der Waals surface area contributed by atoms with Gasteiger partial charge < -0.3 is 14.6 Å². The van der Waals surface area contributed by atoms with Crippen molar-refractivity contribution >= 4 is 5.91 Å². The third kappa shape index (κ3) is 4.18. The van der Waals surface area contributed by atoms with E-state index in [9.17, 15) is 9.18 Å². The van der Waals surface area contributed by atoms with Crippen molar-refractivity contribution in [2.24, 2.45) is 7.05 Å². The lowest BCUT2D eigenvalue weighted by atomic mass is 10.0. The summed E-state index contributed by atoms with van der Waals surface area (Å²) in [4.78, 5) is 17.0. The molecule has 0 aliphatic heterocycles. The number of nitrogens with one attached hydrogen (secondary N) is 1. The first kappa shape index (κ1) is 19.1. The number of ether oxygens (including phenoxy) is 1. The molecule has 0 unspecified atom stereocenters. The van der Waals surface area contributed by atoms with Gasteiger partial charge in [-0.15, -0.1) is 0 Å². The molecule has 0 saturated heterocycles. The van der Waals surface area contributed by atoms with E-state index in [0.29, 0.717) is 22.7 Å². The molecular formula is C21H19FN4O2. The van der Waals surface area contributed by atoms with Crippen LogP contribution in [0.5, 0.6) is 5.75 Å². The van der Waals surface area contributed by atoms with Crippen molar-refractivity contribution in [2.45, 2.75) is 19.1 Å². The van der Waals surface area contributed by atoms with Crippen LogP contribution in [0.1, 0.15) is 29.9 Å². The third-order valence-electron chi connectivity index (χ3n) is 4.28. The number of hydrogen-bond acceptors (Lipinski definition) is 4. The van der Waals surface area contributed by atoms with Crippen LogP contribution in [-0.2, 0) is 11.8 Å². The molecule has 1 N–H and O–H groups in total. The van der Waals surface area contributed by atoms with Gasteiger partial charge in [0.05, 0.1) is 11.6 Å². The van der Waals surface area contributed by atoms with E-state index in [4.69, 9.17) is 10.00 Å². The first-order chi connectivity index (χ1) is 13.5. The fraction of sp³-hybridized carbons (Fsp3) is 0.190. The normalized spacial score (nSPS) is 12.6. The Morgan fingerprint density at radius 3 is 2.57 bits per heavy atom. The van der Waals surface area contributed by atoms with E-state index in [0.717, 1.165) is 0 Å². The molecule has 7 heteroatoms. The Kier molecular flexibility index (Phi) is 5.70. The second-order valence-electron chi connectivity index (χ2n) is 6.26. The Balaban J connectivity index is 1.80. The van der Waals surface area contributed by atoms with Gasteiger partial charge in [0.2, 0.25) is 0 Å². The molecule has 142 valence electrons. The maximum absolute atomic E-state index is 14.4. The van der Waals surface area contributed by atoms with E-state index < -0.39 is 23.9 Å². The summed E-state index contributed by atoms with van der Waals surface area (Å²) in [6.07, 6.45) is 2.49. The number of aromatic nitrogens is 2. The van der Waals surface area contributed by atoms with Crippen molar-refractivity contribution in [3.8, 4) is 11.8 Å². The lowest BCUT2D eigenvalue weighted by molar-refractivity contribution is -0.127. The van der Waals surface area contributed by atoms with Crippen LogP contribution in [0.4, 0.5) is 4.39 Å². The number of benzene rings is 2. The first-order valence-corrected chi connectivity index (χ1v) is 8.68. The number of rotatable bonds is 6. The summed E-state index contributed by atoms with van der Waals surface area (Å²) in [5.41, 5.74) is 0.814. The first-order valence-electron chi connectivity index (χ1n) is 8.68. The second-order valence-corrected chi connectivity index (χ2v) is 6.26. The fourth-order valence-electron chi connectivity index (χ4n) is 2.77. The number of nitrogens with zero attached hydrogens (tertiary/aromatic N) is 3. The van der Waals surface area contributed by atoms with Crippen LogP contribution in [0.2, 0.25) is 0 Å². The topological polar surface area (TPSA) is 79.9 Å². The van der Waals surface area contributed by atoms with E-state index >= 15 is 0 Å².